The summed E-state index contributed by atoms with van der Waals surface area (Å²) < 4.78 is 5.94. The molecule has 0 aromatic rings. The molecular formula is C57H107NO5. The number of amides is 1. The van der Waals surface area contributed by atoms with Crippen molar-refractivity contribution < 1.29 is 24.5 Å². The molecule has 0 rings (SSSR count). The maximum absolute atomic E-state index is 13.2. The molecule has 0 spiro atoms. The molecule has 0 aliphatic heterocycles. The summed E-state index contributed by atoms with van der Waals surface area (Å²) in [5, 5.41) is 23.8. The molecule has 370 valence electrons. The van der Waals surface area contributed by atoms with Gasteiger partial charge in [-0.25, -0.2) is 0 Å². The Hall–Kier alpha value is -1.92. The Morgan fingerprint density at radius 1 is 0.460 bits per heavy atom. The van der Waals surface area contributed by atoms with E-state index in [0.29, 0.717) is 19.3 Å². The summed E-state index contributed by atoms with van der Waals surface area (Å²) in [6, 6.07) is -0.711. The maximum atomic E-state index is 13.2. The van der Waals surface area contributed by atoms with Crippen molar-refractivity contribution >= 4 is 11.9 Å². The molecule has 63 heavy (non-hydrogen) atoms. The Labute approximate surface area is 392 Å². The van der Waals surface area contributed by atoms with E-state index in [1.807, 2.05) is 0 Å². The van der Waals surface area contributed by atoms with Gasteiger partial charge in [-0.3, -0.25) is 9.59 Å². The third-order valence-electron chi connectivity index (χ3n) is 12.7. The van der Waals surface area contributed by atoms with Crippen LogP contribution in [0.4, 0.5) is 0 Å². The van der Waals surface area contributed by atoms with Crippen LogP contribution in [0.3, 0.4) is 0 Å². The molecule has 0 aliphatic carbocycles. The highest BCUT2D eigenvalue weighted by Gasteiger charge is 2.24. The fourth-order valence-electron chi connectivity index (χ4n) is 8.50. The van der Waals surface area contributed by atoms with Crippen molar-refractivity contribution in [3.8, 4) is 0 Å². The van der Waals surface area contributed by atoms with Gasteiger partial charge in [0.1, 0.15) is 6.10 Å². The Kier molecular flexibility index (Phi) is 49.5. The van der Waals surface area contributed by atoms with Crippen LogP contribution in [0.2, 0.25) is 0 Å². The van der Waals surface area contributed by atoms with E-state index < -0.39 is 18.2 Å². The van der Waals surface area contributed by atoms with Crippen molar-refractivity contribution in [3.63, 3.8) is 0 Å². The number of esters is 1. The van der Waals surface area contributed by atoms with Gasteiger partial charge >= 0.3 is 5.97 Å². The number of rotatable bonds is 50. The minimum absolute atomic E-state index is 0.0559. The first-order valence-electron chi connectivity index (χ1n) is 27.7. The highest BCUT2D eigenvalue weighted by atomic mass is 16.5. The zero-order valence-electron chi connectivity index (χ0n) is 42.2. The largest absolute Gasteiger partial charge is 0.462 e. The second-order valence-electron chi connectivity index (χ2n) is 19.0. The maximum Gasteiger partial charge on any atom is 0.306 e. The summed E-state index contributed by atoms with van der Waals surface area (Å²) >= 11 is 0. The Morgan fingerprint density at radius 3 is 1.24 bits per heavy atom. The van der Waals surface area contributed by atoms with Gasteiger partial charge < -0.3 is 20.3 Å². The van der Waals surface area contributed by atoms with Crippen molar-refractivity contribution in [1.82, 2.24) is 5.32 Å². The first-order chi connectivity index (χ1) is 31.0. The van der Waals surface area contributed by atoms with Gasteiger partial charge in [0.2, 0.25) is 5.91 Å². The van der Waals surface area contributed by atoms with Crippen LogP contribution >= 0.6 is 0 Å². The summed E-state index contributed by atoms with van der Waals surface area (Å²) in [6.07, 6.45) is 60.6. The van der Waals surface area contributed by atoms with Crippen molar-refractivity contribution in [2.45, 2.75) is 309 Å². The first-order valence-corrected chi connectivity index (χ1v) is 27.7. The lowest BCUT2D eigenvalue weighted by molar-refractivity contribution is -0.151. The molecule has 6 nitrogen and oxygen atoms in total. The number of hydrogen-bond acceptors (Lipinski definition) is 5. The smallest absolute Gasteiger partial charge is 0.306 e. The molecule has 0 aromatic carbocycles. The molecule has 0 heterocycles. The van der Waals surface area contributed by atoms with Crippen LogP contribution in [0.1, 0.15) is 290 Å². The SMILES string of the molecule is CCCCC/C=C\C/C=C\C/C=C\CCCCC(CC(=O)NC(CO)C(O)CCCCCCCCCCCCCCC)OC(=O)CCCCCCCCCCCCCCCCCC. The minimum atomic E-state index is -0.795. The number of ether oxygens (including phenoxy) is 1. The number of allylic oxidation sites excluding steroid dienone is 6. The van der Waals surface area contributed by atoms with Crippen LogP contribution in [-0.2, 0) is 14.3 Å². The van der Waals surface area contributed by atoms with Gasteiger partial charge in [0.25, 0.3) is 0 Å². The van der Waals surface area contributed by atoms with E-state index in [-0.39, 0.29) is 24.9 Å². The number of hydrogen-bond donors (Lipinski definition) is 3. The van der Waals surface area contributed by atoms with Crippen LogP contribution in [-0.4, -0.2) is 46.9 Å². The summed E-state index contributed by atoms with van der Waals surface area (Å²) in [5.74, 6) is -0.497. The molecule has 3 N–H and O–H groups in total. The number of nitrogens with one attached hydrogen (secondary N) is 1. The van der Waals surface area contributed by atoms with Crippen LogP contribution in [0.5, 0.6) is 0 Å². The first kappa shape index (κ1) is 61.1. The average Bonchev–Trinajstić information content (AvgIpc) is 3.28. The third-order valence-corrected chi connectivity index (χ3v) is 12.7. The van der Waals surface area contributed by atoms with Gasteiger partial charge in [-0.05, 0) is 64.2 Å². The van der Waals surface area contributed by atoms with Crippen molar-refractivity contribution in [2.24, 2.45) is 0 Å². The van der Waals surface area contributed by atoms with Crippen molar-refractivity contribution in [3.05, 3.63) is 36.5 Å². The Bertz CT molecular complexity index is 1040. The van der Waals surface area contributed by atoms with Gasteiger partial charge in [-0.2, -0.15) is 0 Å². The minimum Gasteiger partial charge on any atom is -0.462 e. The van der Waals surface area contributed by atoms with E-state index in [2.05, 4.69) is 62.5 Å². The molecule has 3 atom stereocenters. The molecule has 0 saturated carbocycles. The lowest BCUT2D eigenvalue weighted by atomic mass is 10.0. The highest BCUT2D eigenvalue weighted by molar-refractivity contribution is 5.77. The van der Waals surface area contributed by atoms with Crippen molar-refractivity contribution in [1.29, 1.82) is 0 Å². The van der Waals surface area contributed by atoms with Crippen LogP contribution < -0.4 is 5.32 Å². The van der Waals surface area contributed by atoms with Crippen LogP contribution in [0, 0.1) is 0 Å². The van der Waals surface area contributed by atoms with E-state index in [0.717, 1.165) is 70.6 Å². The molecule has 0 fully saturated rings. The van der Waals surface area contributed by atoms with Crippen LogP contribution in [0.15, 0.2) is 36.5 Å². The molecule has 1 amide bonds. The summed E-state index contributed by atoms with van der Waals surface area (Å²) in [4.78, 5) is 26.2. The molecule has 3 unspecified atom stereocenters. The quantitative estimate of drug-likeness (QED) is 0.0321. The van der Waals surface area contributed by atoms with E-state index in [4.69, 9.17) is 4.74 Å². The molecule has 0 aliphatic rings. The third kappa shape index (κ3) is 46.4. The predicted octanol–water partition coefficient (Wildman–Crippen LogP) is 16.8. The number of carbonyl (C=O) groups excluding carboxylic acids is 2. The molecule has 0 saturated heterocycles. The molecule has 0 aromatic heterocycles. The zero-order valence-corrected chi connectivity index (χ0v) is 42.2. The predicted molar refractivity (Wildman–Crippen MR) is 273 cm³/mol. The van der Waals surface area contributed by atoms with Crippen LogP contribution in [0.25, 0.3) is 0 Å². The summed E-state index contributed by atoms with van der Waals surface area (Å²) in [5.41, 5.74) is 0. The number of aliphatic hydroxyl groups is 2. The van der Waals surface area contributed by atoms with E-state index in [9.17, 15) is 19.8 Å². The normalized spacial score (nSPS) is 13.4. The molecule has 0 bridgehead atoms. The molecule has 0 radical (unpaired) electrons. The second kappa shape index (κ2) is 51.1. The van der Waals surface area contributed by atoms with E-state index >= 15 is 0 Å². The second-order valence-corrected chi connectivity index (χ2v) is 19.0. The fraction of sp³-hybridized carbons (Fsp3) is 0.860. The monoisotopic (exact) mass is 886 g/mol. The van der Waals surface area contributed by atoms with E-state index in [1.54, 1.807) is 0 Å². The standard InChI is InChI=1S/C57H107NO5/c1-4-7-10-13-16-19-22-25-27-29-32-35-38-41-44-47-50-57(62)63-53(48-45-42-39-36-33-31-28-26-23-20-17-14-11-8-5-2)51-56(61)58-54(52-59)55(60)49-46-43-40-37-34-30-24-21-18-15-12-9-6-3/h17,20,26,28,33,36,53-55,59-60H,4-16,18-19,21-25,27,29-32,34-35,37-52H2,1-3H3,(H,58,61)/b20-17-,28-26-,36-33-. The lowest BCUT2D eigenvalue weighted by Gasteiger charge is -2.24. The molecular weight excluding hydrogens is 779 g/mol. The summed E-state index contributed by atoms with van der Waals surface area (Å²) in [6.45, 7) is 6.47. The summed E-state index contributed by atoms with van der Waals surface area (Å²) in [7, 11) is 0. The van der Waals surface area contributed by atoms with E-state index in [1.165, 1.54) is 173 Å². The van der Waals surface area contributed by atoms with Gasteiger partial charge in [0.15, 0.2) is 0 Å². The lowest BCUT2D eigenvalue weighted by Crippen LogP contribution is -2.46. The number of unbranched alkanes of at least 4 members (excludes halogenated alkanes) is 32. The Morgan fingerprint density at radius 2 is 0.810 bits per heavy atom. The van der Waals surface area contributed by atoms with Gasteiger partial charge in [-0.1, -0.05) is 250 Å². The number of carbonyl (C=O) groups is 2. The number of aliphatic hydroxyl groups excluding tert-OH is 2. The fourth-order valence-corrected chi connectivity index (χ4v) is 8.50. The average molecular weight is 886 g/mol. The van der Waals surface area contributed by atoms with Gasteiger partial charge in [0.05, 0.1) is 25.2 Å². The molecule has 6 heteroatoms. The Balaban J connectivity index is 4.60. The van der Waals surface area contributed by atoms with Gasteiger partial charge in [-0.15, -0.1) is 0 Å². The zero-order chi connectivity index (χ0) is 45.9. The highest BCUT2D eigenvalue weighted by Crippen LogP contribution is 2.18. The topological polar surface area (TPSA) is 95.9 Å². The van der Waals surface area contributed by atoms with Gasteiger partial charge in [0, 0.05) is 6.42 Å². The van der Waals surface area contributed by atoms with Crippen molar-refractivity contribution in [2.75, 3.05) is 6.61 Å².